The molecule has 1 aliphatic heterocycles. The Hall–Kier alpha value is -2.80. The van der Waals surface area contributed by atoms with Crippen LogP contribution in [0.2, 0.25) is 0 Å². The van der Waals surface area contributed by atoms with Crippen LogP contribution in [-0.2, 0) is 0 Å². The Labute approximate surface area is 161 Å². The summed E-state index contributed by atoms with van der Waals surface area (Å²) in [5, 5.41) is 11.2. The average Bonchev–Trinajstić information content (AvgIpc) is 3.47. The number of methoxy groups -OCH3 is 2. The smallest absolute Gasteiger partial charge is 0.271 e. The summed E-state index contributed by atoms with van der Waals surface area (Å²) in [6, 6.07) is 9.71. The zero-order chi connectivity index (χ0) is 18.8. The molecule has 3 heterocycles. The van der Waals surface area contributed by atoms with Gasteiger partial charge in [-0.15, -0.1) is 0 Å². The fourth-order valence-electron chi connectivity index (χ4n) is 3.59. The maximum atomic E-state index is 12.9. The Morgan fingerprint density at radius 1 is 1.30 bits per heavy atom. The Bertz CT molecular complexity index is 936. The van der Waals surface area contributed by atoms with E-state index >= 15 is 0 Å². The Kier molecular flexibility index (Phi) is 4.85. The normalized spacial score (nSPS) is 16.5. The summed E-state index contributed by atoms with van der Waals surface area (Å²) in [5.41, 5.74) is 3.42. The van der Waals surface area contributed by atoms with Crippen molar-refractivity contribution >= 4 is 17.2 Å². The highest BCUT2D eigenvalue weighted by Gasteiger charge is 2.31. The molecule has 1 fully saturated rings. The minimum absolute atomic E-state index is 0.0201. The molecule has 27 heavy (non-hydrogen) atoms. The number of hydrogen-bond donors (Lipinski definition) is 1. The lowest BCUT2D eigenvalue weighted by atomic mass is 9.97. The number of H-pyrrole nitrogens is 1. The molecule has 0 saturated carbocycles. The molecule has 1 aliphatic rings. The third-order valence-electron chi connectivity index (χ3n) is 4.97. The van der Waals surface area contributed by atoms with E-state index in [0.717, 1.165) is 29.0 Å². The van der Waals surface area contributed by atoms with Crippen LogP contribution in [-0.4, -0.2) is 48.3 Å². The number of carbonyl (C=O) groups excluding carboxylic acids is 1. The van der Waals surface area contributed by atoms with Crippen LogP contribution >= 0.6 is 11.3 Å². The lowest BCUT2D eigenvalue weighted by molar-refractivity contribution is 0.0785. The number of ether oxygens (including phenoxy) is 2. The van der Waals surface area contributed by atoms with Crippen LogP contribution in [0.1, 0.15) is 28.4 Å². The lowest BCUT2D eigenvalue weighted by Gasteiger charge is -2.18. The molecule has 1 saturated heterocycles. The second kappa shape index (κ2) is 7.44. The van der Waals surface area contributed by atoms with E-state index in [1.54, 1.807) is 25.6 Å². The van der Waals surface area contributed by atoms with Gasteiger partial charge in [-0.1, -0.05) is 12.1 Å². The van der Waals surface area contributed by atoms with Crippen molar-refractivity contribution in [2.75, 3.05) is 27.3 Å². The number of rotatable bonds is 5. The minimum atomic E-state index is -0.0201. The zero-order valence-corrected chi connectivity index (χ0v) is 16.1. The van der Waals surface area contributed by atoms with Crippen molar-refractivity contribution in [3.05, 3.63) is 52.3 Å². The number of amides is 1. The summed E-state index contributed by atoms with van der Waals surface area (Å²) in [6.45, 7) is 1.35. The highest BCUT2D eigenvalue weighted by Crippen LogP contribution is 2.39. The van der Waals surface area contributed by atoms with Crippen molar-refractivity contribution < 1.29 is 14.3 Å². The van der Waals surface area contributed by atoms with Crippen molar-refractivity contribution in [3.8, 4) is 22.8 Å². The molecule has 1 amide bonds. The van der Waals surface area contributed by atoms with Crippen molar-refractivity contribution in [1.82, 2.24) is 15.1 Å². The van der Waals surface area contributed by atoms with Gasteiger partial charge in [0.2, 0.25) is 0 Å². The van der Waals surface area contributed by atoms with Crippen molar-refractivity contribution in [2.24, 2.45) is 0 Å². The second-order valence-corrected chi connectivity index (χ2v) is 7.28. The van der Waals surface area contributed by atoms with Gasteiger partial charge in [0.05, 0.1) is 19.9 Å². The number of nitrogens with zero attached hydrogens (tertiary/aromatic N) is 2. The summed E-state index contributed by atoms with van der Waals surface area (Å²) in [5.74, 6) is 1.67. The fourth-order valence-corrected chi connectivity index (χ4v) is 4.24. The second-order valence-electron chi connectivity index (χ2n) is 6.50. The first-order valence-electron chi connectivity index (χ1n) is 8.79. The highest BCUT2D eigenvalue weighted by atomic mass is 32.1. The zero-order valence-electron chi connectivity index (χ0n) is 15.3. The van der Waals surface area contributed by atoms with E-state index in [0.29, 0.717) is 24.5 Å². The molecular formula is C20H21N3O3S. The van der Waals surface area contributed by atoms with E-state index in [2.05, 4.69) is 10.2 Å². The third kappa shape index (κ3) is 3.30. The first kappa shape index (κ1) is 17.6. The molecule has 1 aromatic carbocycles. The summed E-state index contributed by atoms with van der Waals surface area (Å²) >= 11 is 1.61. The standard InChI is InChI=1S/C20H21N3O3S/c1-25-18-5-3-4-15(19(18)26-2)13-6-8-23(11-13)20(24)17-10-16(21-22-17)14-7-9-27-12-14/h3-5,7,9-10,12-13H,6,8,11H2,1-2H3,(H,21,22). The predicted octanol–water partition coefficient (Wildman–Crippen LogP) is 3.79. The van der Waals surface area contributed by atoms with Crippen LogP contribution in [0.4, 0.5) is 0 Å². The van der Waals surface area contributed by atoms with Gasteiger partial charge in [-0.25, -0.2) is 0 Å². The van der Waals surface area contributed by atoms with E-state index in [9.17, 15) is 4.79 Å². The number of carbonyl (C=O) groups is 1. The van der Waals surface area contributed by atoms with Crippen molar-refractivity contribution in [3.63, 3.8) is 0 Å². The number of benzene rings is 1. The van der Waals surface area contributed by atoms with E-state index in [4.69, 9.17) is 9.47 Å². The van der Waals surface area contributed by atoms with Gasteiger partial charge >= 0.3 is 0 Å². The maximum Gasteiger partial charge on any atom is 0.271 e. The van der Waals surface area contributed by atoms with E-state index in [1.807, 2.05) is 46.0 Å². The number of nitrogens with one attached hydrogen (secondary N) is 1. The first-order chi connectivity index (χ1) is 13.2. The van der Waals surface area contributed by atoms with Crippen LogP contribution < -0.4 is 9.47 Å². The number of aromatic amines is 1. The fraction of sp³-hybridized carbons (Fsp3) is 0.300. The predicted molar refractivity (Wildman–Crippen MR) is 105 cm³/mol. The summed E-state index contributed by atoms with van der Waals surface area (Å²) in [4.78, 5) is 14.8. The quantitative estimate of drug-likeness (QED) is 0.728. The molecule has 6 nitrogen and oxygen atoms in total. The molecule has 1 unspecified atom stereocenters. The lowest BCUT2D eigenvalue weighted by Crippen LogP contribution is -2.28. The van der Waals surface area contributed by atoms with Crippen LogP contribution in [0.3, 0.4) is 0 Å². The molecule has 4 rings (SSSR count). The summed E-state index contributed by atoms with van der Waals surface area (Å²) in [7, 11) is 3.28. The Balaban J connectivity index is 1.51. The third-order valence-corrected chi connectivity index (χ3v) is 5.66. The maximum absolute atomic E-state index is 12.9. The Morgan fingerprint density at radius 3 is 2.93 bits per heavy atom. The molecule has 0 aliphatic carbocycles. The number of thiophene rings is 1. The molecule has 7 heteroatoms. The van der Waals surface area contributed by atoms with Crippen LogP contribution in [0.25, 0.3) is 11.3 Å². The minimum Gasteiger partial charge on any atom is -0.493 e. The van der Waals surface area contributed by atoms with Crippen LogP contribution in [0.15, 0.2) is 41.1 Å². The monoisotopic (exact) mass is 383 g/mol. The largest absolute Gasteiger partial charge is 0.493 e. The van der Waals surface area contributed by atoms with Crippen molar-refractivity contribution in [2.45, 2.75) is 12.3 Å². The van der Waals surface area contributed by atoms with Crippen LogP contribution in [0, 0.1) is 0 Å². The van der Waals surface area contributed by atoms with Gasteiger partial charge < -0.3 is 14.4 Å². The molecule has 1 atom stereocenters. The highest BCUT2D eigenvalue weighted by molar-refractivity contribution is 7.08. The first-order valence-corrected chi connectivity index (χ1v) is 9.73. The number of hydrogen-bond acceptors (Lipinski definition) is 5. The molecule has 0 spiro atoms. The number of likely N-dealkylation sites (tertiary alicyclic amines) is 1. The number of para-hydroxylation sites is 1. The summed E-state index contributed by atoms with van der Waals surface area (Å²) in [6.07, 6.45) is 0.890. The van der Waals surface area contributed by atoms with Gasteiger partial charge in [0.1, 0.15) is 5.69 Å². The topological polar surface area (TPSA) is 67.5 Å². The van der Waals surface area contributed by atoms with Gasteiger partial charge in [-0.2, -0.15) is 16.4 Å². The Morgan fingerprint density at radius 2 is 2.19 bits per heavy atom. The molecule has 1 N–H and O–H groups in total. The van der Waals surface area contributed by atoms with Gasteiger partial charge in [-0.3, -0.25) is 9.89 Å². The van der Waals surface area contributed by atoms with E-state index in [1.165, 1.54) is 0 Å². The summed E-state index contributed by atoms with van der Waals surface area (Å²) < 4.78 is 11.0. The molecule has 0 radical (unpaired) electrons. The number of aromatic nitrogens is 2. The van der Waals surface area contributed by atoms with Crippen LogP contribution in [0.5, 0.6) is 11.5 Å². The molecular weight excluding hydrogens is 362 g/mol. The van der Waals surface area contributed by atoms with Gasteiger partial charge in [0.15, 0.2) is 11.5 Å². The van der Waals surface area contributed by atoms with Gasteiger partial charge in [0, 0.05) is 35.5 Å². The average molecular weight is 383 g/mol. The SMILES string of the molecule is COc1cccc(C2CCN(C(=O)c3cc(-c4ccsc4)n[nH]3)C2)c1OC. The van der Waals surface area contributed by atoms with Crippen molar-refractivity contribution in [1.29, 1.82) is 0 Å². The van der Waals surface area contributed by atoms with Gasteiger partial charge in [0.25, 0.3) is 5.91 Å². The molecule has 140 valence electrons. The molecule has 0 bridgehead atoms. The van der Waals surface area contributed by atoms with E-state index < -0.39 is 0 Å². The van der Waals surface area contributed by atoms with E-state index in [-0.39, 0.29) is 11.8 Å². The molecule has 2 aromatic heterocycles. The molecule has 3 aromatic rings. The van der Waals surface area contributed by atoms with Gasteiger partial charge in [-0.05, 0) is 30.0 Å².